The summed E-state index contributed by atoms with van der Waals surface area (Å²) in [7, 11) is -0.118. The topological polar surface area (TPSA) is 101 Å². The van der Waals surface area contributed by atoms with Gasteiger partial charge in [0, 0.05) is 57.9 Å². The van der Waals surface area contributed by atoms with Crippen LogP contribution in [0.25, 0.3) is 0 Å². The first-order chi connectivity index (χ1) is 16.1. The molecule has 0 radical (unpaired) electrons. The van der Waals surface area contributed by atoms with E-state index in [4.69, 9.17) is 9.47 Å². The molecule has 3 atom stereocenters. The number of rotatable bonds is 5. The van der Waals surface area contributed by atoms with Crippen molar-refractivity contribution in [2.24, 2.45) is 5.92 Å². The van der Waals surface area contributed by atoms with Crippen LogP contribution in [0.5, 0.6) is 5.75 Å². The van der Waals surface area contributed by atoms with E-state index in [0.717, 1.165) is 18.4 Å². The van der Waals surface area contributed by atoms with E-state index in [1.165, 1.54) is 6.07 Å². The lowest BCUT2D eigenvalue weighted by atomic mass is 10.0. The van der Waals surface area contributed by atoms with Crippen LogP contribution in [0.4, 0.5) is 5.69 Å². The van der Waals surface area contributed by atoms with Crippen molar-refractivity contribution >= 4 is 21.6 Å². The maximum atomic E-state index is 13.3. The fraction of sp³-hybridized carbons (Fsp3) is 0.500. The van der Waals surface area contributed by atoms with Crippen molar-refractivity contribution in [1.82, 2.24) is 14.8 Å². The minimum atomic E-state index is -3.49. The van der Waals surface area contributed by atoms with Crippen molar-refractivity contribution in [3.8, 4) is 5.75 Å². The molecule has 1 amide bonds. The quantitative estimate of drug-likeness (QED) is 0.687. The second-order valence-corrected chi connectivity index (χ2v) is 10.7. The largest absolute Gasteiger partial charge is 0.491 e. The molecule has 9 nitrogen and oxygen atoms in total. The number of carbonyl (C=O) groups excluding carboxylic acids is 1. The number of ether oxygens (including phenoxy) is 2. The Morgan fingerprint density at radius 3 is 2.65 bits per heavy atom. The molecule has 0 saturated heterocycles. The monoisotopic (exact) mass is 490 g/mol. The molecule has 2 heterocycles. The molecule has 0 fully saturated rings. The minimum absolute atomic E-state index is 0.0362. The van der Waals surface area contributed by atoms with Gasteiger partial charge in [-0.1, -0.05) is 13.0 Å². The Kier molecular flexibility index (Phi) is 8.51. The molecule has 1 aliphatic heterocycles. The van der Waals surface area contributed by atoms with Crippen molar-refractivity contribution < 1.29 is 22.7 Å². The molecule has 186 valence electrons. The number of benzene rings is 1. The Morgan fingerprint density at radius 1 is 1.24 bits per heavy atom. The van der Waals surface area contributed by atoms with Gasteiger partial charge in [-0.2, -0.15) is 0 Å². The van der Waals surface area contributed by atoms with E-state index in [9.17, 15) is 13.2 Å². The molecule has 1 aliphatic rings. The van der Waals surface area contributed by atoms with Gasteiger partial charge >= 0.3 is 0 Å². The average Bonchev–Trinajstić information content (AvgIpc) is 2.79. The zero-order valence-corrected chi connectivity index (χ0v) is 21.2. The molecule has 0 bridgehead atoms. The zero-order chi connectivity index (χ0) is 24.9. The second kappa shape index (κ2) is 11.2. The summed E-state index contributed by atoms with van der Waals surface area (Å²) in [4.78, 5) is 21.5. The predicted molar refractivity (Wildman–Crippen MR) is 131 cm³/mol. The molecule has 0 spiro atoms. The lowest BCUT2D eigenvalue weighted by Gasteiger charge is -2.36. The number of nitrogens with one attached hydrogen (secondary N) is 1. The van der Waals surface area contributed by atoms with Gasteiger partial charge in [0.15, 0.2) is 0 Å². The lowest BCUT2D eigenvalue weighted by Crippen LogP contribution is -2.46. The number of nitrogens with zero attached hydrogens (tertiary/aromatic N) is 3. The maximum absolute atomic E-state index is 13.3. The van der Waals surface area contributed by atoms with Crippen molar-refractivity contribution in [1.29, 1.82) is 0 Å². The molecule has 0 aliphatic carbocycles. The smallest absolute Gasteiger partial charge is 0.257 e. The lowest BCUT2D eigenvalue weighted by molar-refractivity contribution is 0.00920. The van der Waals surface area contributed by atoms with E-state index >= 15 is 0 Å². The first-order valence-electron chi connectivity index (χ1n) is 11.2. The molecule has 34 heavy (non-hydrogen) atoms. The van der Waals surface area contributed by atoms with Crippen LogP contribution in [0.15, 0.2) is 42.7 Å². The van der Waals surface area contributed by atoms with Crippen molar-refractivity contribution in [2.45, 2.75) is 32.5 Å². The molecule has 1 aromatic heterocycles. The number of hydrogen-bond donors (Lipinski definition) is 1. The van der Waals surface area contributed by atoms with Gasteiger partial charge in [-0.25, -0.2) is 8.42 Å². The Balaban J connectivity index is 1.96. The number of carbonyl (C=O) groups is 1. The SMILES string of the molecule is CO[C@@H]1CN(C)C(=O)c2cc(NS(C)(=O)=O)ccc2OC[C@H](C)N(Cc2cccnc2)C[C@@H]1C. The van der Waals surface area contributed by atoms with Gasteiger partial charge in [0.05, 0.1) is 17.9 Å². The summed E-state index contributed by atoms with van der Waals surface area (Å²) in [6, 6.07) is 8.76. The van der Waals surface area contributed by atoms with Gasteiger partial charge in [0.2, 0.25) is 10.0 Å². The van der Waals surface area contributed by atoms with Crippen molar-refractivity contribution in [3.05, 3.63) is 53.9 Å². The molecule has 1 aromatic carbocycles. The summed E-state index contributed by atoms with van der Waals surface area (Å²) < 4.78 is 37.7. The van der Waals surface area contributed by atoms with Gasteiger partial charge in [0.25, 0.3) is 5.91 Å². The van der Waals surface area contributed by atoms with E-state index in [2.05, 4.69) is 28.5 Å². The van der Waals surface area contributed by atoms with E-state index < -0.39 is 10.0 Å². The van der Waals surface area contributed by atoms with Crippen LogP contribution in [0.1, 0.15) is 29.8 Å². The zero-order valence-electron chi connectivity index (χ0n) is 20.4. The summed E-state index contributed by atoms with van der Waals surface area (Å²) >= 11 is 0. The summed E-state index contributed by atoms with van der Waals surface area (Å²) in [6.45, 7) is 6.40. The third-order valence-corrected chi connectivity index (χ3v) is 6.59. The highest BCUT2D eigenvalue weighted by Gasteiger charge is 2.28. The number of fused-ring (bicyclic) bond motifs is 1. The number of amides is 1. The normalized spacial score (nSPS) is 22.8. The number of hydrogen-bond acceptors (Lipinski definition) is 7. The van der Waals surface area contributed by atoms with Crippen LogP contribution < -0.4 is 9.46 Å². The Bertz CT molecular complexity index is 1080. The third-order valence-electron chi connectivity index (χ3n) is 5.99. The first kappa shape index (κ1) is 25.9. The van der Waals surface area contributed by atoms with Gasteiger partial charge < -0.3 is 14.4 Å². The van der Waals surface area contributed by atoms with Gasteiger partial charge in [-0.15, -0.1) is 0 Å². The van der Waals surface area contributed by atoms with Gasteiger partial charge in [-0.05, 0) is 42.7 Å². The predicted octanol–water partition coefficient (Wildman–Crippen LogP) is 2.46. The highest BCUT2D eigenvalue weighted by molar-refractivity contribution is 7.92. The van der Waals surface area contributed by atoms with Crippen molar-refractivity contribution in [2.75, 3.05) is 44.8 Å². The van der Waals surface area contributed by atoms with E-state index in [1.54, 1.807) is 37.4 Å². The standard InChI is InChI=1S/C24H34N4O5S/c1-17-13-28(14-19-7-6-10-25-12-19)18(2)16-33-22-9-8-20(26-34(5,30)31)11-21(22)24(29)27(3)15-23(17)32-4/h6-12,17-18,23,26H,13-16H2,1-5H3/t17-,18-,23+/m0/s1. The van der Waals surface area contributed by atoms with E-state index in [0.29, 0.717) is 36.7 Å². The number of methoxy groups -OCH3 is 1. The van der Waals surface area contributed by atoms with E-state index in [-0.39, 0.29) is 24.0 Å². The minimum Gasteiger partial charge on any atom is -0.491 e. The van der Waals surface area contributed by atoms with E-state index in [1.807, 2.05) is 18.3 Å². The fourth-order valence-corrected chi connectivity index (χ4v) is 4.63. The van der Waals surface area contributed by atoms with Gasteiger partial charge in [0.1, 0.15) is 12.4 Å². The Labute approximate surface area is 202 Å². The number of likely N-dealkylation sites (N-methyl/N-ethyl adjacent to an activating group) is 1. The molecule has 3 rings (SSSR count). The third kappa shape index (κ3) is 6.91. The molecular formula is C24H34N4O5S. The van der Waals surface area contributed by atoms with Crippen LogP contribution >= 0.6 is 0 Å². The van der Waals surface area contributed by atoms with Crippen LogP contribution in [-0.2, 0) is 21.3 Å². The number of sulfonamides is 1. The second-order valence-electron chi connectivity index (χ2n) is 8.97. The molecular weight excluding hydrogens is 456 g/mol. The van der Waals surface area contributed by atoms with Crippen LogP contribution in [0.3, 0.4) is 0 Å². The van der Waals surface area contributed by atoms with Crippen LogP contribution in [0, 0.1) is 5.92 Å². The van der Waals surface area contributed by atoms with Crippen molar-refractivity contribution in [3.63, 3.8) is 0 Å². The highest BCUT2D eigenvalue weighted by Crippen LogP contribution is 2.27. The Hall–Kier alpha value is -2.69. The first-order valence-corrected chi connectivity index (χ1v) is 13.1. The van der Waals surface area contributed by atoms with Gasteiger partial charge in [-0.3, -0.25) is 19.4 Å². The molecule has 10 heteroatoms. The summed E-state index contributed by atoms with van der Waals surface area (Å²) in [6.07, 6.45) is 4.51. The molecule has 1 N–H and O–H groups in total. The van der Waals surface area contributed by atoms with Crippen LogP contribution in [-0.4, -0.2) is 81.4 Å². The number of aromatic nitrogens is 1. The summed E-state index contributed by atoms with van der Waals surface area (Å²) in [5.41, 5.74) is 1.71. The molecule has 0 unspecified atom stereocenters. The van der Waals surface area contributed by atoms with Crippen LogP contribution in [0.2, 0.25) is 0 Å². The highest BCUT2D eigenvalue weighted by atomic mass is 32.2. The molecule has 0 saturated carbocycles. The fourth-order valence-electron chi connectivity index (χ4n) is 4.08. The molecule has 2 aromatic rings. The average molecular weight is 491 g/mol. The summed E-state index contributed by atoms with van der Waals surface area (Å²) in [5, 5.41) is 0. The summed E-state index contributed by atoms with van der Waals surface area (Å²) in [5.74, 6) is 0.282. The number of anilines is 1. The maximum Gasteiger partial charge on any atom is 0.257 e. The Morgan fingerprint density at radius 2 is 2.00 bits per heavy atom. The number of pyridine rings is 1.